The Labute approximate surface area is 76.4 Å². The fourth-order valence-electron chi connectivity index (χ4n) is 0.808. The number of nitrogens with zero attached hydrogens (tertiary/aromatic N) is 1. The maximum absolute atomic E-state index is 12.2. The van der Waals surface area contributed by atoms with Crippen molar-refractivity contribution in [1.29, 1.82) is 0 Å². The molecule has 0 spiro atoms. The van der Waals surface area contributed by atoms with Gasteiger partial charge in [-0.2, -0.15) is 0 Å². The molecule has 1 rings (SSSR count). The van der Waals surface area contributed by atoms with E-state index in [-0.39, 0.29) is 11.1 Å². The van der Waals surface area contributed by atoms with E-state index in [4.69, 9.17) is 5.11 Å². The molecule has 5 heteroatoms. The van der Waals surface area contributed by atoms with Crippen molar-refractivity contribution in [3.8, 4) is 0 Å². The number of aliphatic hydroxyl groups is 1. The summed E-state index contributed by atoms with van der Waals surface area (Å²) in [5.74, 6) is 0. The predicted molar refractivity (Wildman–Crippen MR) is 42.8 cm³/mol. The van der Waals surface area contributed by atoms with Crippen molar-refractivity contribution >= 4 is 15.9 Å². The number of halogens is 3. The first-order valence-corrected chi connectivity index (χ1v) is 3.97. The molecular formula is C7H6BrF2NO. The quantitative estimate of drug-likeness (QED) is 0.801. The number of alkyl halides is 2. The van der Waals surface area contributed by atoms with E-state index in [0.29, 0.717) is 4.60 Å². The largest absolute Gasteiger partial charge is 0.392 e. The molecule has 0 saturated heterocycles. The summed E-state index contributed by atoms with van der Waals surface area (Å²) in [4.78, 5) is 3.72. The summed E-state index contributed by atoms with van der Waals surface area (Å²) in [6.07, 6.45) is -1.35. The molecule has 0 amide bonds. The minimum Gasteiger partial charge on any atom is -0.392 e. The van der Waals surface area contributed by atoms with Crippen LogP contribution in [0.4, 0.5) is 8.78 Å². The van der Waals surface area contributed by atoms with E-state index in [2.05, 4.69) is 20.9 Å². The Morgan fingerprint density at radius 1 is 1.58 bits per heavy atom. The lowest BCUT2D eigenvalue weighted by Crippen LogP contribution is -1.95. The average Bonchev–Trinajstić information content (AvgIpc) is 2.04. The number of hydrogen-bond donors (Lipinski definition) is 1. The summed E-state index contributed by atoms with van der Waals surface area (Å²) in [7, 11) is 0. The number of aliphatic hydroxyl groups excluding tert-OH is 1. The first-order chi connectivity index (χ1) is 5.65. The van der Waals surface area contributed by atoms with E-state index in [1.54, 1.807) is 0 Å². The molecular weight excluding hydrogens is 232 g/mol. The van der Waals surface area contributed by atoms with E-state index in [1.165, 1.54) is 12.3 Å². The normalized spacial score (nSPS) is 10.8. The van der Waals surface area contributed by atoms with Gasteiger partial charge in [0.15, 0.2) is 0 Å². The second-order valence-corrected chi connectivity index (χ2v) is 2.98. The van der Waals surface area contributed by atoms with Gasteiger partial charge in [0, 0.05) is 17.3 Å². The van der Waals surface area contributed by atoms with Gasteiger partial charge in [-0.05, 0) is 22.0 Å². The molecule has 0 saturated carbocycles. The highest BCUT2D eigenvalue weighted by Crippen LogP contribution is 2.24. The molecule has 0 aliphatic heterocycles. The van der Waals surface area contributed by atoms with Crippen LogP contribution in [0, 0.1) is 0 Å². The van der Waals surface area contributed by atoms with Gasteiger partial charge in [-0.3, -0.25) is 0 Å². The lowest BCUT2D eigenvalue weighted by molar-refractivity contribution is 0.147. The van der Waals surface area contributed by atoms with E-state index < -0.39 is 13.0 Å². The van der Waals surface area contributed by atoms with Gasteiger partial charge in [0.05, 0.1) is 6.61 Å². The molecule has 0 aromatic carbocycles. The molecule has 12 heavy (non-hydrogen) atoms. The molecule has 1 aromatic rings. The summed E-state index contributed by atoms with van der Waals surface area (Å²) in [6, 6.07) is 1.20. The van der Waals surface area contributed by atoms with Crippen molar-refractivity contribution in [2.45, 2.75) is 13.0 Å². The highest BCUT2D eigenvalue weighted by Gasteiger charge is 2.12. The Balaban J connectivity index is 3.12. The maximum Gasteiger partial charge on any atom is 0.264 e. The summed E-state index contributed by atoms with van der Waals surface area (Å²) in [6.45, 7) is -0.417. The fraction of sp³-hybridized carbons (Fsp3) is 0.286. The second-order valence-electron chi connectivity index (χ2n) is 2.16. The van der Waals surface area contributed by atoms with Crippen LogP contribution < -0.4 is 0 Å². The molecule has 1 heterocycles. The Hall–Kier alpha value is -0.550. The van der Waals surface area contributed by atoms with Crippen LogP contribution in [-0.4, -0.2) is 10.1 Å². The lowest BCUT2D eigenvalue weighted by Gasteiger charge is -2.05. The van der Waals surface area contributed by atoms with Crippen molar-refractivity contribution in [1.82, 2.24) is 4.98 Å². The number of rotatable bonds is 2. The zero-order valence-electron chi connectivity index (χ0n) is 5.97. The van der Waals surface area contributed by atoms with Crippen LogP contribution in [0.25, 0.3) is 0 Å². The van der Waals surface area contributed by atoms with Crippen LogP contribution in [0.1, 0.15) is 17.6 Å². The third-order valence-corrected chi connectivity index (χ3v) is 1.83. The van der Waals surface area contributed by atoms with Crippen molar-refractivity contribution in [2.75, 3.05) is 0 Å². The lowest BCUT2D eigenvalue weighted by atomic mass is 10.1. The molecule has 1 N–H and O–H groups in total. The third kappa shape index (κ3) is 1.98. The van der Waals surface area contributed by atoms with Crippen LogP contribution >= 0.6 is 15.9 Å². The molecule has 0 aliphatic carbocycles. The van der Waals surface area contributed by atoms with E-state index in [9.17, 15) is 8.78 Å². The van der Waals surface area contributed by atoms with E-state index in [0.717, 1.165) is 0 Å². The van der Waals surface area contributed by atoms with Crippen molar-refractivity contribution in [2.24, 2.45) is 0 Å². The third-order valence-electron chi connectivity index (χ3n) is 1.39. The maximum atomic E-state index is 12.2. The number of hydrogen-bond acceptors (Lipinski definition) is 2. The van der Waals surface area contributed by atoms with Crippen molar-refractivity contribution in [3.05, 3.63) is 28.0 Å². The zero-order chi connectivity index (χ0) is 9.14. The monoisotopic (exact) mass is 237 g/mol. The SMILES string of the molecule is OCc1cnc(Br)cc1C(F)F. The predicted octanol–water partition coefficient (Wildman–Crippen LogP) is 2.27. The van der Waals surface area contributed by atoms with Gasteiger partial charge in [-0.1, -0.05) is 0 Å². The fourth-order valence-corrected chi connectivity index (χ4v) is 1.16. The smallest absolute Gasteiger partial charge is 0.264 e. The topological polar surface area (TPSA) is 33.1 Å². The first-order valence-electron chi connectivity index (χ1n) is 3.18. The molecule has 0 aliphatic rings. The summed E-state index contributed by atoms with van der Waals surface area (Å²) >= 11 is 2.97. The summed E-state index contributed by atoms with van der Waals surface area (Å²) in [5, 5.41) is 8.67. The first kappa shape index (κ1) is 9.54. The summed E-state index contributed by atoms with van der Waals surface area (Å²) in [5.41, 5.74) is -0.0208. The van der Waals surface area contributed by atoms with Gasteiger partial charge >= 0.3 is 0 Å². The highest BCUT2D eigenvalue weighted by atomic mass is 79.9. The van der Waals surface area contributed by atoms with Crippen LogP contribution in [-0.2, 0) is 6.61 Å². The molecule has 66 valence electrons. The number of pyridine rings is 1. The minimum atomic E-state index is -2.58. The van der Waals surface area contributed by atoms with Gasteiger partial charge in [0.2, 0.25) is 0 Å². The van der Waals surface area contributed by atoms with Gasteiger partial charge in [0.25, 0.3) is 6.43 Å². The van der Waals surface area contributed by atoms with E-state index in [1.807, 2.05) is 0 Å². The molecule has 1 aromatic heterocycles. The highest BCUT2D eigenvalue weighted by molar-refractivity contribution is 9.10. The summed E-state index contributed by atoms with van der Waals surface area (Å²) < 4.78 is 24.8. The standard InChI is InChI=1S/C7H6BrF2NO/c8-6-1-5(7(9)10)4(3-12)2-11-6/h1-2,7,12H,3H2. The van der Waals surface area contributed by atoms with Crippen molar-refractivity contribution < 1.29 is 13.9 Å². The Morgan fingerprint density at radius 3 is 2.75 bits per heavy atom. The average molecular weight is 238 g/mol. The Morgan fingerprint density at radius 2 is 2.25 bits per heavy atom. The van der Waals surface area contributed by atoms with Crippen LogP contribution in [0.2, 0.25) is 0 Å². The molecule has 0 bridgehead atoms. The Kier molecular flexibility index (Phi) is 3.11. The van der Waals surface area contributed by atoms with Gasteiger partial charge in [0.1, 0.15) is 4.60 Å². The van der Waals surface area contributed by atoms with Crippen molar-refractivity contribution in [3.63, 3.8) is 0 Å². The molecule has 2 nitrogen and oxygen atoms in total. The molecule has 0 radical (unpaired) electrons. The molecule has 0 fully saturated rings. The van der Waals surface area contributed by atoms with Gasteiger partial charge in [-0.25, -0.2) is 13.8 Å². The Bertz CT molecular complexity index is 280. The van der Waals surface area contributed by atoms with Gasteiger partial charge in [-0.15, -0.1) is 0 Å². The van der Waals surface area contributed by atoms with Gasteiger partial charge < -0.3 is 5.11 Å². The number of aromatic nitrogens is 1. The molecule has 0 atom stereocenters. The minimum absolute atomic E-state index is 0.160. The zero-order valence-corrected chi connectivity index (χ0v) is 7.55. The van der Waals surface area contributed by atoms with Crippen LogP contribution in [0.3, 0.4) is 0 Å². The van der Waals surface area contributed by atoms with Crippen LogP contribution in [0.15, 0.2) is 16.9 Å². The second kappa shape index (κ2) is 3.91. The van der Waals surface area contributed by atoms with E-state index >= 15 is 0 Å². The molecule has 0 unspecified atom stereocenters. The van der Waals surface area contributed by atoms with Crippen LogP contribution in [0.5, 0.6) is 0 Å².